The second-order valence-corrected chi connectivity index (χ2v) is 10.0. The summed E-state index contributed by atoms with van der Waals surface area (Å²) in [6.07, 6.45) is 0. The summed E-state index contributed by atoms with van der Waals surface area (Å²) in [6, 6.07) is 40.8. The lowest BCUT2D eigenvalue weighted by Gasteiger charge is -2.08. The fourth-order valence-corrected chi connectivity index (χ4v) is 4.16. The van der Waals surface area contributed by atoms with E-state index in [9.17, 15) is 0 Å². The van der Waals surface area contributed by atoms with Crippen LogP contribution in [0.25, 0.3) is 21.5 Å². The Morgan fingerprint density at radius 3 is 1.32 bits per heavy atom. The summed E-state index contributed by atoms with van der Waals surface area (Å²) in [5.41, 5.74) is 4.27. The highest BCUT2D eigenvalue weighted by atomic mass is 14.1. The molecule has 5 rings (SSSR count). The highest BCUT2D eigenvalue weighted by Gasteiger charge is 2.03. The normalized spacial score (nSPS) is 9.63. The molecule has 0 amide bonds. The summed E-state index contributed by atoms with van der Waals surface area (Å²) in [5.74, 6) is 1.88. The van der Waals surface area contributed by atoms with Crippen molar-refractivity contribution in [2.24, 2.45) is 0 Å². The molecule has 0 bridgehead atoms. The molecule has 0 radical (unpaired) electrons. The molecule has 0 spiro atoms. The van der Waals surface area contributed by atoms with Crippen LogP contribution in [-0.2, 0) is 0 Å². The molecule has 0 aliphatic carbocycles. The van der Waals surface area contributed by atoms with Crippen molar-refractivity contribution in [3.8, 4) is 0 Å². The third-order valence-corrected chi connectivity index (χ3v) is 6.35. The molecule has 0 aliphatic heterocycles. The van der Waals surface area contributed by atoms with Crippen molar-refractivity contribution in [1.82, 2.24) is 0 Å². The smallest absolute Gasteiger partial charge is 0.0149 e. The summed E-state index contributed by atoms with van der Waals surface area (Å²) in [7, 11) is 0. The molecule has 0 aromatic heterocycles. The Morgan fingerprint density at radius 1 is 0.341 bits per heavy atom. The van der Waals surface area contributed by atoms with Gasteiger partial charge in [0.1, 0.15) is 0 Å². The van der Waals surface area contributed by atoms with Gasteiger partial charge in [-0.15, -0.1) is 0 Å². The van der Waals surface area contributed by atoms with Crippen LogP contribution in [0.3, 0.4) is 0 Å². The monoisotopic (exact) mass is 550 g/mol. The molecule has 0 saturated heterocycles. The lowest BCUT2D eigenvalue weighted by molar-refractivity contribution is 0.867. The van der Waals surface area contributed by atoms with Gasteiger partial charge in [0.15, 0.2) is 0 Å². The van der Waals surface area contributed by atoms with Crippen LogP contribution in [0.1, 0.15) is 118 Å². The topological polar surface area (TPSA) is 0 Å². The van der Waals surface area contributed by atoms with Gasteiger partial charge in [-0.1, -0.05) is 198 Å². The zero-order valence-electron chi connectivity index (χ0n) is 28.2. The van der Waals surface area contributed by atoms with Crippen LogP contribution in [-0.4, -0.2) is 0 Å². The third kappa shape index (κ3) is 13.2. The molecule has 0 unspecified atom stereocenters. The first kappa shape index (κ1) is 37.6. The van der Waals surface area contributed by atoms with Crippen LogP contribution in [0.4, 0.5) is 0 Å². The number of hydrogen-bond donors (Lipinski definition) is 0. The predicted molar refractivity (Wildman–Crippen MR) is 191 cm³/mol. The van der Waals surface area contributed by atoms with Crippen LogP contribution in [0.5, 0.6) is 0 Å². The first-order valence-electron chi connectivity index (χ1n) is 15.9. The minimum Gasteiger partial charge on any atom is -0.0683 e. The van der Waals surface area contributed by atoms with E-state index in [0.29, 0.717) is 17.8 Å². The van der Waals surface area contributed by atoms with Crippen LogP contribution < -0.4 is 0 Å². The number of benzene rings is 5. The highest BCUT2D eigenvalue weighted by molar-refractivity contribution is 5.86. The first-order valence-corrected chi connectivity index (χ1v) is 15.9. The molecule has 222 valence electrons. The van der Waals surface area contributed by atoms with E-state index < -0.39 is 0 Å². The Balaban J connectivity index is 0.000000543. The second kappa shape index (κ2) is 22.3. The van der Waals surface area contributed by atoms with E-state index in [1.54, 1.807) is 0 Å². The summed E-state index contributed by atoms with van der Waals surface area (Å²) in [4.78, 5) is 0. The van der Waals surface area contributed by atoms with E-state index >= 15 is 0 Å². The molecule has 0 heteroatoms. The molecular weight excluding hydrogens is 492 g/mol. The van der Waals surface area contributed by atoms with Gasteiger partial charge in [-0.3, -0.25) is 0 Å². The molecule has 0 aliphatic rings. The Labute approximate surface area is 253 Å². The summed E-state index contributed by atoms with van der Waals surface area (Å²) in [6.45, 7) is 25.3. The maximum absolute atomic E-state index is 2.28. The van der Waals surface area contributed by atoms with E-state index in [4.69, 9.17) is 0 Å². The lowest BCUT2D eigenvalue weighted by atomic mass is 9.96. The van der Waals surface area contributed by atoms with E-state index in [1.165, 1.54) is 38.2 Å². The van der Waals surface area contributed by atoms with Crippen LogP contribution in [0.15, 0.2) is 115 Å². The van der Waals surface area contributed by atoms with Gasteiger partial charge in [0.25, 0.3) is 0 Å². The van der Waals surface area contributed by atoms with Gasteiger partial charge in [0.05, 0.1) is 0 Å². The largest absolute Gasteiger partial charge is 0.0683 e. The molecule has 5 aromatic carbocycles. The molecule has 0 saturated carbocycles. The van der Waals surface area contributed by atoms with Gasteiger partial charge < -0.3 is 0 Å². The SMILES string of the molecule is CC.CC.CC.CC(C)c1ccc2ccccc2c1.CC(C)c1cccc2ccccc12.CC(C)c1ccccc1. The summed E-state index contributed by atoms with van der Waals surface area (Å²) >= 11 is 0. The van der Waals surface area contributed by atoms with Crippen molar-refractivity contribution >= 4 is 21.5 Å². The van der Waals surface area contributed by atoms with Gasteiger partial charge in [-0.2, -0.15) is 0 Å². The minimum atomic E-state index is 0.603. The molecule has 5 aromatic rings. The molecule has 41 heavy (non-hydrogen) atoms. The van der Waals surface area contributed by atoms with Crippen molar-refractivity contribution in [3.63, 3.8) is 0 Å². The first-order chi connectivity index (χ1) is 19.9. The molecule has 0 nitrogen and oxygen atoms in total. The predicted octanol–water partition coefficient (Wildman–Crippen LogP) is 13.8. The summed E-state index contributed by atoms with van der Waals surface area (Å²) in [5, 5.41) is 5.40. The minimum absolute atomic E-state index is 0.603. The maximum Gasteiger partial charge on any atom is -0.0149 e. The second-order valence-electron chi connectivity index (χ2n) is 10.0. The Morgan fingerprint density at radius 2 is 0.805 bits per heavy atom. The standard InChI is InChI=1S/2C13H14.C9H12.3C2H6/c1-10(2)12-9-5-7-11-6-3-4-8-13(11)12;1-10(2)12-8-7-11-5-3-4-6-13(11)9-12;1-8(2)9-6-4-3-5-7-9;3*1-2/h2*3-10H,1-2H3;3-8H,1-2H3;3*1-2H3. The zero-order chi connectivity index (χ0) is 31.2. The van der Waals surface area contributed by atoms with Gasteiger partial charge in [-0.25, -0.2) is 0 Å². The number of rotatable bonds is 3. The molecular formula is C41H58. The molecule has 0 fully saturated rings. The van der Waals surface area contributed by atoms with E-state index in [-0.39, 0.29) is 0 Å². The van der Waals surface area contributed by atoms with Crippen molar-refractivity contribution in [1.29, 1.82) is 0 Å². The van der Waals surface area contributed by atoms with Gasteiger partial charge >= 0.3 is 0 Å². The van der Waals surface area contributed by atoms with Crippen molar-refractivity contribution in [2.45, 2.75) is 101 Å². The van der Waals surface area contributed by atoms with E-state index in [2.05, 4.69) is 151 Å². The average Bonchev–Trinajstić information content (AvgIpc) is 3.04. The van der Waals surface area contributed by atoms with Crippen molar-refractivity contribution in [2.75, 3.05) is 0 Å². The summed E-state index contributed by atoms with van der Waals surface area (Å²) < 4.78 is 0. The van der Waals surface area contributed by atoms with Gasteiger partial charge in [0, 0.05) is 0 Å². The van der Waals surface area contributed by atoms with Gasteiger partial charge in [-0.05, 0) is 56.0 Å². The van der Waals surface area contributed by atoms with E-state index in [1.807, 2.05) is 47.6 Å². The number of hydrogen-bond acceptors (Lipinski definition) is 0. The third-order valence-electron chi connectivity index (χ3n) is 6.35. The fourth-order valence-electron chi connectivity index (χ4n) is 4.16. The Hall–Kier alpha value is -3.38. The van der Waals surface area contributed by atoms with E-state index in [0.717, 1.165) is 0 Å². The van der Waals surface area contributed by atoms with Crippen LogP contribution >= 0.6 is 0 Å². The molecule has 0 heterocycles. The highest BCUT2D eigenvalue weighted by Crippen LogP contribution is 2.24. The zero-order valence-corrected chi connectivity index (χ0v) is 28.2. The Bertz CT molecular complexity index is 1300. The quantitative estimate of drug-likeness (QED) is 0.209. The fraction of sp³-hybridized carbons (Fsp3) is 0.366. The molecule has 0 atom stereocenters. The Kier molecular flexibility index (Phi) is 20.5. The average molecular weight is 551 g/mol. The molecule has 0 N–H and O–H groups in total. The van der Waals surface area contributed by atoms with Crippen molar-refractivity contribution in [3.05, 3.63) is 132 Å². The lowest BCUT2D eigenvalue weighted by Crippen LogP contribution is -1.88. The van der Waals surface area contributed by atoms with Crippen LogP contribution in [0, 0.1) is 0 Å². The maximum atomic E-state index is 2.28. The number of fused-ring (bicyclic) bond motifs is 2. The van der Waals surface area contributed by atoms with Gasteiger partial charge in [0.2, 0.25) is 0 Å². The van der Waals surface area contributed by atoms with Crippen LogP contribution in [0.2, 0.25) is 0 Å². The van der Waals surface area contributed by atoms with Crippen molar-refractivity contribution < 1.29 is 0 Å².